The fraction of sp³-hybridized carbons (Fsp3) is 0.357. The summed E-state index contributed by atoms with van der Waals surface area (Å²) in [5.41, 5.74) is 1.80. The molecule has 0 aliphatic carbocycles. The smallest absolute Gasteiger partial charge is 0.339 e. The Hall–Kier alpha value is -1.75. The first kappa shape index (κ1) is 12.3. The fourth-order valence-corrected chi connectivity index (χ4v) is 1.30. The van der Waals surface area contributed by atoms with Crippen LogP contribution >= 0.6 is 0 Å². The highest BCUT2D eigenvalue weighted by Crippen LogP contribution is 2.22. The third kappa shape index (κ3) is 3.13. The van der Waals surface area contributed by atoms with Crippen LogP contribution in [0.25, 0.3) is 0 Å². The van der Waals surface area contributed by atoms with Crippen LogP contribution in [0.4, 0.5) is 0 Å². The van der Waals surface area contributed by atoms with Crippen LogP contribution < -0.4 is 0 Å². The van der Waals surface area contributed by atoms with Crippen molar-refractivity contribution in [2.24, 2.45) is 0 Å². The molecular weight excluding hydrogens is 200 g/mol. The number of terminal acetylenes is 1. The Morgan fingerprint density at radius 3 is 2.31 bits per heavy atom. The number of ether oxygens (including phenoxy) is 1. The number of carbonyl (C=O) groups excluding carboxylic acids is 1. The maximum atomic E-state index is 11.4. The van der Waals surface area contributed by atoms with Crippen LogP contribution in [0.1, 0.15) is 36.7 Å². The molecule has 1 aromatic carbocycles. The zero-order valence-corrected chi connectivity index (χ0v) is 9.91. The second kappa shape index (κ2) is 4.85. The molecule has 0 heterocycles. The van der Waals surface area contributed by atoms with Gasteiger partial charge in [-0.2, -0.15) is 0 Å². The largest absolute Gasteiger partial charge is 0.449 e. The minimum absolute atomic E-state index is 0.0137. The predicted molar refractivity (Wildman–Crippen MR) is 64.3 cm³/mol. The van der Waals surface area contributed by atoms with Crippen molar-refractivity contribution in [3.8, 4) is 12.3 Å². The number of esters is 1. The van der Waals surface area contributed by atoms with E-state index in [0.717, 1.165) is 0 Å². The molecule has 0 saturated heterocycles. The molecule has 2 heteroatoms. The van der Waals surface area contributed by atoms with Gasteiger partial charge in [-0.25, -0.2) is 4.79 Å². The monoisotopic (exact) mass is 216 g/mol. The molecule has 1 aromatic rings. The summed E-state index contributed by atoms with van der Waals surface area (Å²) in [6, 6.07) is 7.40. The van der Waals surface area contributed by atoms with E-state index in [9.17, 15) is 4.79 Å². The second-order valence-electron chi connectivity index (χ2n) is 4.61. The van der Waals surface area contributed by atoms with E-state index in [1.165, 1.54) is 5.56 Å². The highest BCUT2D eigenvalue weighted by atomic mass is 16.5. The lowest BCUT2D eigenvalue weighted by Crippen LogP contribution is -2.12. The van der Waals surface area contributed by atoms with Crippen molar-refractivity contribution < 1.29 is 9.53 Å². The van der Waals surface area contributed by atoms with Crippen LogP contribution in [0.3, 0.4) is 0 Å². The quantitative estimate of drug-likeness (QED) is 0.561. The molecule has 84 valence electrons. The summed E-state index contributed by atoms with van der Waals surface area (Å²) in [6.45, 7) is 6.38. The van der Waals surface area contributed by atoms with E-state index in [-0.39, 0.29) is 18.0 Å². The van der Waals surface area contributed by atoms with Crippen molar-refractivity contribution in [2.45, 2.75) is 26.2 Å². The zero-order chi connectivity index (χ0) is 12.2. The van der Waals surface area contributed by atoms with Crippen LogP contribution in [0.2, 0.25) is 0 Å². The number of hydrogen-bond acceptors (Lipinski definition) is 2. The predicted octanol–water partition coefficient (Wildman–Crippen LogP) is 2.77. The molecule has 0 atom stereocenters. The summed E-state index contributed by atoms with van der Waals surface area (Å²) in [4.78, 5) is 11.4. The average Bonchev–Trinajstić information content (AvgIpc) is 2.25. The van der Waals surface area contributed by atoms with Gasteiger partial charge in [0.05, 0.1) is 5.56 Å². The molecule has 0 aromatic heterocycles. The van der Waals surface area contributed by atoms with E-state index < -0.39 is 0 Å². The maximum Gasteiger partial charge on any atom is 0.339 e. The maximum absolute atomic E-state index is 11.4. The van der Waals surface area contributed by atoms with Crippen molar-refractivity contribution >= 4 is 5.97 Å². The topological polar surface area (TPSA) is 26.3 Å². The SMILES string of the molecule is C#CCOC(=O)c1ccc(C(C)(C)C)cc1. The Bertz CT molecular complexity index is 402. The van der Waals surface area contributed by atoms with Gasteiger partial charge in [0, 0.05) is 0 Å². The number of rotatable bonds is 2. The van der Waals surface area contributed by atoms with Crippen molar-refractivity contribution in [1.29, 1.82) is 0 Å². The standard InChI is InChI=1S/C14H16O2/c1-5-10-16-13(15)11-6-8-12(9-7-11)14(2,3)4/h1,6-9H,10H2,2-4H3. The van der Waals surface area contributed by atoms with Crippen molar-refractivity contribution in [1.82, 2.24) is 0 Å². The molecule has 0 aliphatic heterocycles. The van der Waals surface area contributed by atoms with Crippen molar-refractivity contribution in [3.63, 3.8) is 0 Å². The number of carbonyl (C=O) groups is 1. The Kier molecular flexibility index (Phi) is 3.73. The molecule has 0 unspecified atom stereocenters. The summed E-state index contributed by atoms with van der Waals surface area (Å²) in [5.74, 6) is 1.88. The van der Waals surface area contributed by atoms with Gasteiger partial charge in [-0.1, -0.05) is 38.8 Å². The van der Waals surface area contributed by atoms with Crippen LogP contribution in [-0.2, 0) is 10.2 Å². The van der Waals surface area contributed by atoms with E-state index in [4.69, 9.17) is 11.2 Å². The van der Waals surface area contributed by atoms with Crippen LogP contribution in [0.5, 0.6) is 0 Å². The van der Waals surface area contributed by atoms with Gasteiger partial charge >= 0.3 is 5.97 Å². The first-order valence-corrected chi connectivity index (χ1v) is 5.16. The molecule has 0 fully saturated rings. The van der Waals surface area contributed by atoms with Crippen molar-refractivity contribution in [2.75, 3.05) is 6.61 Å². The van der Waals surface area contributed by atoms with E-state index >= 15 is 0 Å². The van der Waals surface area contributed by atoms with Crippen LogP contribution in [0, 0.1) is 12.3 Å². The second-order valence-corrected chi connectivity index (χ2v) is 4.61. The molecule has 1 rings (SSSR count). The van der Waals surface area contributed by atoms with Crippen molar-refractivity contribution in [3.05, 3.63) is 35.4 Å². The van der Waals surface area contributed by atoms with Gasteiger partial charge in [0.15, 0.2) is 6.61 Å². The normalized spacial score (nSPS) is 10.6. The Balaban J connectivity index is 2.80. The fourth-order valence-electron chi connectivity index (χ4n) is 1.30. The Morgan fingerprint density at radius 2 is 1.88 bits per heavy atom. The van der Waals surface area contributed by atoms with Gasteiger partial charge in [0.1, 0.15) is 0 Å². The van der Waals surface area contributed by atoms with Gasteiger partial charge < -0.3 is 4.74 Å². The average molecular weight is 216 g/mol. The lowest BCUT2D eigenvalue weighted by Gasteiger charge is -2.18. The lowest BCUT2D eigenvalue weighted by molar-refractivity contribution is 0.0556. The molecule has 0 amide bonds. The van der Waals surface area contributed by atoms with E-state index in [0.29, 0.717) is 5.56 Å². The minimum Gasteiger partial charge on any atom is -0.449 e. The molecule has 0 bridgehead atoms. The third-order valence-corrected chi connectivity index (χ3v) is 2.27. The zero-order valence-electron chi connectivity index (χ0n) is 9.91. The molecule has 0 saturated carbocycles. The van der Waals surface area contributed by atoms with Gasteiger partial charge in [-0.05, 0) is 23.1 Å². The summed E-state index contributed by atoms with van der Waals surface area (Å²) in [6.07, 6.45) is 5.01. The highest BCUT2D eigenvalue weighted by molar-refractivity contribution is 5.89. The minimum atomic E-state index is -0.376. The molecule has 16 heavy (non-hydrogen) atoms. The first-order chi connectivity index (χ1) is 7.45. The summed E-state index contributed by atoms with van der Waals surface area (Å²) < 4.78 is 4.83. The highest BCUT2D eigenvalue weighted by Gasteiger charge is 2.14. The van der Waals surface area contributed by atoms with Gasteiger partial charge in [0.25, 0.3) is 0 Å². The molecule has 0 aliphatic rings. The van der Waals surface area contributed by atoms with Gasteiger partial charge in [0.2, 0.25) is 0 Å². The van der Waals surface area contributed by atoms with E-state index in [2.05, 4.69) is 26.7 Å². The molecule has 2 nitrogen and oxygen atoms in total. The van der Waals surface area contributed by atoms with E-state index in [1.54, 1.807) is 12.1 Å². The van der Waals surface area contributed by atoms with Crippen LogP contribution in [0.15, 0.2) is 24.3 Å². The Labute approximate surface area is 96.6 Å². The number of hydrogen-bond donors (Lipinski definition) is 0. The molecular formula is C14H16O2. The summed E-state index contributed by atoms with van der Waals surface area (Å²) in [7, 11) is 0. The van der Waals surface area contributed by atoms with Gasteiger partial charge in [-0.3, -0.25) is 0 Å². The number of benzene rings is 1. The van der Waals surface area contributed by atoms with E-state index in [1.807, 2.05) is 12.1 Å². The summed E-state index contributed by atoms with van der Waals surface area (Å²) in [5, 5.41) is 0. The molecule has 0 radical (unpaired) electrons. The summed E-state index contributed by atoms with van der Waals surface area (Å²) >= 11 is 0. The van der Waals surface area contributed by atoms with Gasteiger partial charge in [-0.15, -0.1) is 6.42 Å². The first-order valence-electron chi connectivity index (χ1n) is 5.16. The third-order valence-electron chi connectivity index (χ3n) is 2.27. The lowest BCUT2D eigenvalue weighted by atomic mass is 9.87. The molecule has 0 N–H and O–H groups in total. The van der Waals surface area contributed by atoms with Crippen LogP contribution in [-0.4, -0.2) is 12.6 Å². The molecule has 0 spiro atoms. The Morgan fingerprint density at radius 1 is 1.31 bits per heavy atom.